The molecule has 0 atom stereocenters. The van der Waals surface area contributed by atoms with Crippen molar-refractivity contribution in [2.24, 2.45) is 0 Å². The SMILES string of the molecule is COC(=O)Nc1nc2ccc(OS(=O)(=O)c3ccc(OC)c(OC)c3)cc2[nH]1.COC(=O)Nc1nc2ccc(OS(=O)(=O)c3cccc([N+](=O)[O-])c3)cc2[nH]1. The van der Waals surface area contributed by atoms with Crippen molar-refractivity contribution in [3.05, 3.63) is 89.0 Å². The van der Waals surface area contributed by atoms with Crippen LogP contribution in [-0.2, 0) is 29.7 Å². The first kappa shape index (κ1) is 39.1. The Balaban J connectivity index is 0.000000211. The number of nitrogens with zero attached hydrogens (tertiary/aromatic N) is 3. The van der Waals surface area contributed by atoms with E-state index in [4.69, 9.17) is 17.8 Å². The lowest BCUT2D eigenvalue weighted by Crippen LogP contribution is -2.11. The third-order valence-corrected chi connectivity index (χ3v) is 9.58. The molecule has 0 aliphatic carbocycles. The smallest absolute Gasteiger partial charge is 0.413 e. The lowest BCUT2D eigenvalue weighted by Gasteiger charge is -2.11. The summed E-state index contributed by atoms with van der Waals surface area (Å²) in [6.45, 7) is 0. The van der Waals surface area contributed by atoms with Crippen molar-refractivity contribution < 1.29 is 58.7 Å². The molecule has 0 saturated heterocycles. The molecule has 55 heavy (non-hydrogen) atoms. The Hall–Kier alpha value is -7.14. The molecule has 0 aliphatic rings. The molecule has 288 valence electrons. The first-order chi connectivity index (χ1) is 26.1. The molecule has 2 aromatic heterocycles. The molecule has 0 bridgehead atoms. The zero-order valence-corrected chi connectivity index (χ0v) is 30.5. The van der Waals surface area contributed by atoms with Crippen LogP contribution < -0.4 is 28.5 Å². The number of aromatic amines is 2. The molecule has 23 heteroatoms. The second-order valence-electron chi connectivity index (χ2n) is 10.6. The summed E-state index contributed by atoms with van der Waals surface area (Å²) < 4.78 is 79.3. The number of imidazole rings is 2. The third kappa shape index (κ3) is 9.46. The maximum absolute atomic E-state index is 12.6. The second-order valence-corrected chi connectivity index (χ2v) is 13.7. The molecular weight excluding hydrogens is 771 g/mol. The molecule has 0 aliphatic heterocycles. The van der Waals surface area contributed by atoms with E-state index < -0.39 is 37.3 Å². The predicted molar refractivity (Wildman–Crippen MR) is 193 cm³/mol. The summed E-state index contributed by atoms with van der Waals surface area (Å²) in [7, 11) is -3.12. The van der Waals surface area contributed by atoms with Gasteiger partial charge in [-0.15, -0.1) is 0 Å². The van der Waals surface area contributed by atoms with Crippen molar-refractivity contribution in [1.82, 2.24) is 19.9 Å². The molecule has 6 aromatic rings. The standard InChI is InChI=1S/C17H17N3O7S.C15H12N4O7S/c1-24-14-7-5-11(9-15(14)25-2)28(22,23)27-10-4-6-12-13(8-10)19-16(18-12)20-17(21)26-3;1-25-15(20)18-14-16-12-6-5-10(8-13(12)17-14)26-27(23,24)11-4-2-3-9(7-11)19(21)22/h4-9H,1-3H3,(H2,18,19,20,21);2-8H,1H3,(H2,16,17,18,20). The van der Waals surface area contributed by atoms with E-state index >= 15 is 0 Å². The average molecular weight is 800 g/mol. The number of non-ortho nitro benzene ring substituents is 1. The number of methoxy groups -OCH3 is 4. The Labute approximate surface area is 310 Å². The normalized spacial score (nSPS) is 11.1. The quantitative estimate of drug-likeness (QED) is 0.0766. The number of carbonyl (C=O) groups excluding carboxylic acids is 2. The van der Waals surface area contributed by atoms with Crippen LogP contribution >= 0.6 is 0 Å². The highest BCUT2D eigenvalue weighted by molar-refractivity contribution is 7.87. The molecule has 6 rings (SSSR count). The number of carbonyl (C=O) groups is 2. The molecule has 4 aromatic carbocycles. The van der Waals surface area contributed by atoms with E-state index in [0.717, 1.165) is 6.07 Å². The van der Waals surface area contributed by atoms with E-state index in [2.05, 4.69) is 40.0 Å². The Morgan fingerprint density at radius 1 is 0.655 bits per heavy atom. The lowest BCUT2D eigenvalue weighted by molar-refractivity contribution is -0.385. The first-order valence-corrected chi connectivity index (χ1v) is 18.0. The van der Waals surface area contributed by atoms with Gasteiger partial charge in [-0.1, -0.05) is 6.07 Å². The van der Waals surface area contributed by atoms with Crippen LogP contribution in [0.15, 0.2) is 88.7 Å². The maximum atomic E-state index is 12.6. The summed E-state index contributed by atoms with van der Waals surface area (Å²) >= 11 is 0. The number of nitro groups is 1. The van der Waals surface area contributed by atoms with Crippen LogP contribution in [0.2, 0.25) is 0 Å². The number of anilines is 2. The number of fused-ring (bicyclic) bond motifs is 2. The molecule has 0 fully saturated rings. The van der Waals surface area contributed by atoms with Crippen molar-refractivity contribution >= 4 is 72.1 Å². The number of rotatable bonds is 11. The number of nitro benzene ring substituents is 1. The van der Waals surface area contributed by atoms with E-state index in [0.29, 0.717) is 27.8 Å². The minimum Gasteiger partial charge on any atom is -0.493 e. The van der Waals surface area contributed by atoms with Gasteiger partial charge in [0.15, 0.2) is 11.5 Å². The van der Waals surface area contributed by atoms with Gasteiger partial charge in [0.1, 0.15) is 21.3 Å². The van der Waals surface area contributed by atoms with Crippen molar-refractivity contribution in [3.8, 4) is 23.0 Å². The van der Waals surface area contributed by atoms with E-state index in [9.17, 15) is 36.5 Å². The number of aromatic nitrogens is 4. The Bertz CT molecular complexity index is 2630. The van der Waals surface area contributed by atoms with Crippen molar-refractivity contribution in [1.29, 1.82) is 0 Å². The zero-order valence-electron chi connectivity index (χ0n) is 28.9. The summed E-state index contributed by atoms with van der Waals surface area (Å²) in [6.07, 6.45) is -1.41. The molecule has 0 spiro atoms. The van der Waals surface area contributed by atoms with Crippen molar-refractivity contribution in [2.75, 3.05) is 39.1 Å². The van der Waals surface area contributed by atoms with Crippen LogP contribution in [0.1, 0.15) is 0 Å². The second kappa shape index (κ2) is 16.3. The lowest BCUT2D eigenvalue weighted by atomic mass is 10.3. The topological polar surface area (TPSA) is 282 Å². The van der Waals surface area contributed by atoms with Gasteiger partial charge in [-0.2, -0.15) is 16.8 Å². The molecular formula is C32H29N7O14S2. The number of amides is 2. The Morgan fingerprint density at radius 3 is 1.60 bits per heavy atom. The van der Waals surface area contributed by atoms with Gasteiger partial charge in [0, 0.05) is 30.3 Å². The zero-order chi connectivity index (χ0) is 39.9. The van der Waals surface area contributed by atoms with Crippen LogP contribution in [0.25, 0.3) is 22.1 Å². The number of hydrogen-bond acceptors (Lipinski definition) is 16. The van der Waals surface area contributed by atoms with Gasteiger partial charge in [0.05, 0.1) is 55.4 Å². The van der Waals surface area contributed by atoms with Gasteiger partial charge < -0.3 is 37.3 Å². The highest BCUT2D eigenvalue weighted by Gasteiger charge is 2.22. The summed E-state index contributed by atoms with van der Waals surface area (Å²) in [6, 6.07) is 17.3. The Morgan fingerprint density at radius 2 is 1.15 bits per heavy atom. The Kier molecular flexibility index (Phi) is 11.6. The van der Waals surface area contributed by atoms with Crippen LogP contribution in [0, 0.1) is 10.1 Å². The van der Waals surface area contributed by atoms with Gasteiger partial charge in [-0.3, -0.25) is 20.7 Å². The minimum atomic E-state index is -4.28. The fourth-order valence-electron chi connectivity index (χ4n) is 4.57. The largest absolute Gasteiger partial charge is 0.493 e. The van der Waals surface area contributed by atoms with Gasteiger partial charge in [0.25, 0.3) is 5.69 Å². The first-order valence-electron chi connectivity index (χ1n) is 15.2. The molecule has 0 saturated carbocycles. The van der Waals surface area contributed by atoms with E-state index in [1.54, 1.807) is 6.07 Å². The average Bonchev–Trinajstić information content (AvgIpc) is 3.76. The highest BCUT2D eigenvalue weighted by atomic mass is 32.2. The molecule has 2 heterocycles. The number of nitrogens with one attached hydrogen (secondary N) is 4. The predicted octanol–water partition coefficient (Wildman–Crippen LogP) is 4.94. The van der Waals surface area contributed by atoms with Crippen molar-refractivity contribution in [3.63, 3.8) is 0 Å². The number of H-pyrrole nitrogens is 2. The summed E-state index contributed by atoms with van der Waals surface area (Å²) in [4.78, 5) is 45.9. The molecule has 4 N–H and O–H groups in total. The fraction of sp³-hybridized carbons (Fsp3) is 0.125. The van der Waals surface area contributed by atoms with Crippen molar-refractivity contribution in [2.45, 2.75) is 9.79 Å². The number of ether oxygens (including phenoxy) is 4. The minimum absolute atomic E-state index is 0.0396. The summed E-state index contributed by atoms with van der Waals surface area (Å²) in [5, 5.41) is 15.5. The number of hydrogen-bond donors (Lipinski definition) is 4. The summed E-state index contributed by atoms with van der Waals surface area (Å²) in [5.74, 6) is 0.941. The molecule has 2 amide bonds. The monoisotopic (exact) mass is 799 g/mol. The van der Waals surface area contributed by atoms with E-state index in [1.807, 2.05) is 0 Å². The maximum Gasteiger partial charge on any atom is 0.413 e. The van der Waals surface area contributed by atoms with Crippen LogP contribution in [0.4, 0.5) is 27.2 Å². The summed E-state index contributed by atoms with van der Waals surface area (Å²) in [5.41, 5.74) is 1.44. The molecule has 21 nitrogen and oxygen atoms in total. The van der Waals surface area contributed by atoms with Crippen LogP contribution in [0.5, 0.6) is 23.0 Å². The fourth-order valence-corrected chi connectivity index (χ4v) is 6.47. The third-order valence-electron chi connectivity index (χ3n) is 7.09. The van der Waals surface area contributed by atoms with Crippen LogP contribution in [0.3, 0.4) is 0 Å². The van der Waals surface area contributed by atoms with E-state index in [-0.39, 0.29) is 44.6 Å². The van der Waals surface area contributed by atoms with Crippen LogP contribution in [-0.4, -0.2) is 82.3 Å². The van der Waals surface area contributed by atoms with E-state index in [1.165, 1.54) is 95.2 Å². The van der Waals surface area contributed by atoms with Gasteiger partial charge in [-0.25, -0.2) is 19.6 Å². The van der Waals surface area contributed by atoms with Gasteiger partial charge >= 0.3 is 32.4 Å². The number of benzene rings is 4. The highest BCUT2D eigenvalue weighted by Crippen LogP contribution is 2.31. The molecule has 0 radical (unpaired) electrons. The van der Waals surface area contributed by atoms with Gasteiger partial charge in [0.2, 0.25) is 11.9 Å². The van der Waals surface area contributed by atoms with Gasteiger partial charge in [-0.05, 0) is 42.5 Å². The molecule has 0 unspecified atom stereocenters.